The second-order valence-corrected chi connectivity index (χ2v) is 12.6. The van der Waals surface area contributed by atoms with Gasteiger partial charge < -0.3 is 9.64 Å². The fraction of sp³-hybridized carbons (Fsp3) is 0.714. The zero-order valence-electron chi connectivity index (χ0n) is 30.0. The number of hydrogen-bond acceptors (Lipinski definition) is 2. The number of allylic oxidation sites excluding steroid dienone is 12. The second-order valence-electron chi connectivity index (χ2n) is 12.6. The van der Waals surface area contributed by atoms with Gasteiger partial charge in [0.05, 0.1) is 6.10 Å². The highest BCUT2D eigenvalue weighted by Gasteiger charge is 2.09. The molecule has 0 aromatic heterocycles. The van der Waals surface area contributed by atoms with E-state index < -0.39 is 0 Å². The van der Waals surface area contributed by atoms with Crippen molar-refractivity contribution in [2.45, 2.75) is 168 Å². The quantitative estimate of drug-likeness (QED) is 0.0542. The highest BCUT2D eigenvalue weighted by atomic mass is 16.5. The lowest BCUT2D eigenvalue weighted by Gasteiger charge is -2.19. The summed E-state index contributed by atoms with van der Waals surface area (Å²) in [6.45, 7) is 6.41. The third-order valence-corrected chi connectivity index (χ3v) is 7.96. The van der Waals surface area contributed by atoms with Crippen molar-refractivity contribution in [3.63, 3.8) is 0 Å². The number of rotatable bonds is 33. The molecule has 2 nitrogen and oxygen atoms in total. The topological polar surface area (TPSA) is 12.5 Å². The van der Waals surface area contributed by atoms with Crippen LogP contribution < -0.4 is 0 Å². The summed E-state index contributed by atoms with van der Waals surface area (Å²) in [6.07, 6.45) is 57.0. The fourth-order valence-corrected chi connectivity index (χ4v) is 5.28. The lowest BCUT2D eigenvalue weighted by molar-refractivity contribution is 0.0342. The van der Waals surface area contributed by atoms with Crippen molar-refractivity contribution in [3.05, 3.63) is 72.9 Å². The molecule has 0 saturated heterocycles. The van der Waals surface area contributed by atoms with Crippen LogP contribution in [0.3, 0.4) is 0 Å². The maximum atomic E-state index is 6.38. The second kappa shape index (κ2) is 37.5. The molecule has 0 heterocycles. The van der Waals surface area contributed by atoms with E-state index in [1.54, 1.807) is 0 Å². The van der Waals surface area contributed by atoms with E-state index in [2.05, 4.69) is 106 Å². The van der Waals surface area contributed by atoms with Crippen LogP contribution in [0.4, 0.5) is 0 Å². The van der Waals surface area contributed by atoms with Crippen molar-refractivity contribution in [2.75, 3.05) is 27.2 Å². The molecule has 0 unspecified atom stereocenters. The van der Waals surface area contributed by atoms with E-state index in [1.807, 2.05) is 0 Å². The van der Waals surface area contributed by atoms with Gasteiger partial charge in [-0.1, -0.05) is 151 Å². The van der Waals surface area contributed by atoms with Gasteiger partial charge in [-0.3, -0.25) is 0 Å². The predicted molar refractivity (Wildman–Crippen MR) is 201 cm³/mol. The van der Waals surface area contributed by atoms with Crippen molar-refractivity contribution >= 4 is 0 Å². The summed E-state index contributed by atoms with van der Waals surface area (Å²) < 4.78 is 6.38. The Balaban J connectivity index is 3.87. The molecule has 0 saturated carbocycles. The van der Waals surface area contributed by atoms with E-state index in [0.717, 1.165) is 58.1 Å². The van der Waals surface area contributed by atoms with Crippen LogP contribution in [-0.4, -0.2) is 38.3 Å². The van der Waals surface area contributed by atoms with E-state index >= 15 is 0 Å². The molecule has 0 spiro atoms. The van der Waals surface area contributed by atoms with Crippen molar-refractivity contribution in [1.29, 1.82) is 0 Å². The molecule has 0 rings (SSSR count). The Morgan fingerprint density at radius 1 is 0.432 bits per heavy atom. The average Bonchev–Trinajstić information content (AvgIpc) is 3.02. The van der Waals surface area contributed by atoms with Crippen molar-refractivity contribution < 1.29 is 4.74 Å². The number of nitrogens with zero attached hydrogens (tertiary/aromatic N) is 1. The van der Waals surface area contributed by atoms with E-state index in [9.17, 15) is 0 Å². The van der Waals surface area contributed by atoms with Gasteiger partial charge in [0.15, 0.2) is 0 Å². The van der Waals surface area contributed by atoms with Crippen LogP contribution >= 0.6 is 0 Å². The number of hydrogen-bond donors (Lipinski definition) is 0. The lowest BCUT2D eigenvalue weighted by atomic mass is 10.0. The van der Waals surface area contributed by atoms with Gasteiger partial charge in [-0.15, -0.1) is 0 Å². The average molecular weight is 610 g/mol. The standard InChI is InChI=1S/C42H75NO/c1-5-7-9-11-13-15-17-19-21-23-25-27-29-31-33-35-38-42(44-41-37-40-43(3)4)39-36-34-32-30-28-26-24-22-20-18-16-14-12-10-8-6-2/h7-10,13-16,19-22,42H,5-6,11-12,17-18,23-41H2,1-4H3. The van der Waals surface area contributed by atoms with Crippen LogP contribution in [0.1, 0.15) is 162 Å². The molecule has 0 amide bonds. The Hall–Kier alpha value is -1.64. The van der Waals surface area contributed by atoms with Gasteiger partial charge in [0.2, 0.25) is 0 Å². The molecule has 0 radical (unpaired) electrons. The molecular formula is C42H75NO. The van der Waals surface area contributed by atoms with Crippen molar-refractivity contribution in [2.24, 2.45) is 0 Å². The third kappa shape index (κ3) is 36.6. The monoisotopic (exact) mass is 610 g/mol. The molecule has 254 valence electrons. The van der Waals surface area contributed by atoms with Gasteiger partial charge in [-0.25, -0.2) is 0 Å². The molecule has 44 heavy (non-hydrogen) atoms. The molecule has 2 heteroatoms. The maximum Gasteiger partial charge on any atom is 0.0575 e. The van der Waals surface area contributed by atoms with Crippen molar-refractivity contribution in [3.8, 4) is 0 Å². The van der Waals surface area contributed by atoms with E-state index in [0.29, 0.717) is 6.10 Å². The third-order valence-electron chi connectivity index (χ3n) is 7.96. The highest BCUT2D eigenvalue weighted by molar-refractivity contribution is 4.98. The molecule has 0 aliphatic rings. The number of unbranched alkanes of at least 4 members (excludes halogenated alkanes) is 12. The fourth-order valence-electron chi connectivity index (χ4n) is 5.28. The normalized spacial score (nSPS) is 13.6. The molecule has 0 fully saturated rings. The molecule has 0 N–H and O–H groups in total. The summed E-state index contributed by atoms with van der Waals surface area (Å²) in [4.78, 5) is 2.26. The zero-order valence-corrected chi connectivity index (χ0v) is 30.0. The Morgan fingerprint density at radius 2 is 0.795 bits per heavy atom. The van der Waals surface area contributed by atoms with Gasteiger partial charge in [0, 0.05) is 6.61 Å². The first-order chi connectivity index (χ1) is 21.7. The largest absolute Gasteiger partial charge is 0.378 e. The minimum Gasteiger partial charge on any atom is -0.378 e. The molecule has 0 aliphatic carbocycles. The molecule has 0 aromatic rings. The predicted octanol–water partition coefficient (Wildman–Crippen LogP) is 13.3. The summed E-state index contributed by atoms with van der Waals surface area (Å²) in [5, 5.41) is 0. The van der Waals surface area contributed by atoms with Crippen LogP contribution in [0.2, 0.25) is 0 Å². The lowest BCUT2D eigenvalue weighted by Crippen LogP contribution is -2.18. The molecule has 0 aromatic carbocycles. The van der Waals surface area contributed by atoms with Crippen LogP contribution in [0.25, 0.3) is 0 Å². The van der Waals surface area contributed by atoms with Crippen LogP contribution in [0.15, 0.2) is 72.9 Å². The summed E-state index contributed by atoms with van der Waals surface area (Å²) in [5.41, 5.74) is 0. The maximum absolute atomic E-state index is 6.38. The van der Waals surface area contributed by atoms with Gasteiger partial charge in [0.1, 0.15) is 0 Å². The van der Waals surface area contributed by atoms with Crippen LogP contribution in [-0.2, 0) is 4.74 Å². The first-order valence-corrected chi connectivity index (χ1v) is 18.9. The van der Waals surface area contributed by atoms with Crippen LogP contribution in [0.5, 0.6) is 0 Å². The molecule has 0 aliphatic heterocycles. The Kier molecular flexibility index (Phi) is 36.1. The minimum atomic E-state index is 0.473. The van der Waals surface area contributed by atoms with Gasteiger partial charge in [0.25, 0.3) is 0 Å². The Bertz CT molecular complexity index is 672. The first kappa shape index (κ1) is 42.4. The molecule has 0 atom stereocenters. The summed E-state index contributed by atoms with van der Waals surface area (Å²) in [5.74, 6) is 0. The zero-order chi connectivity index (χ0) is 32.0. The summed E-state index contributed by atoms with van der Waals surface area (Å²) >= 11 is 0. The molecule has 0 bridgehead atoms. The van der Waals surface area contributed by atoms with Gasteiger partial charge >= 0.3 is 0 Å². The minimum absolute atomic E-state index is 0.473. The Labute approximate surface area is 276 Å². The highest BCUT2D eigenvalue weighted by Crippen LogP contribution is 2.17. The SMILES string of the molecule is CCC=CCC=CCC=CCCCCCCCCC(CCCCCCCCC=CCC=CCC=CCC)OCCCN(C)C. The van der Waals surface area contributed by atoms with Gasteiger partial charge in [-0.05, 0) is 104 Å². The van der Waals surface area contributed by atoms with E-state index in [1.165, 1.54) is 103 Å². The van der Waals surface area contributed by atoms with Crippen molar-refractivity contribution in [1.82, 2.24) is 4.90 Å². The smallest absolute Gasteiger partial charge is 0.0575 e. The Morgan fingerprint density at radius 3 is 1.20 bits per heavy atom. The molecular weight excluding hydrogens is 534 g/mol. The van der Waals surface area contributed by atoms with Crippen LogP contribution in [0, 0.1) is 0 Å². The van der Waals surface area contributed by atoms with E-state index in [4.69, 9.17) is 4.74 Å². The summed E-state index contributed by atoms with van der Waals surface area (Å²) in [6, 6.07) is 0. The van der Waals surface area contributed by atoms with Gasteiger partial charge in [-0.2, -0.15) is 0 Å². The summed E-state index contributed by atoms with van der Waals surface area (Å²) in [7, 11) is 4.31. The number of ether oxygens (including phenoxy) is 1. The van der Waals surface area contributed by atoms with E-state index in [-0.39, 0.29) is 0 Å². The first-order valence-electron chi connectivity index (χ1n) is 18.9.